The van der Waals surface area contributed by atoms with Gasteiger partial charge < -0.3 is 4.74 Å². The van der Waals surface area contributed by atoms with Gasteiger partial charge in [0.25, 0.3) is 0 Å². The molecule has 0 heterocycles. The van der Waals surface area contributed by atoms with E-state index in [4.69, 9.17) is 27.9 Å². The van der Waals surface area contributed by atoms with Gasteiger partial charge in [-0.25, -0.2) is 0 Å². The predicted molar refractivity (Wildman–Crippen MR) is 89.6 cm³/mol. The van der Waals surface area contributed by atoms with E-state index in [1.807, 2.05) is 30.3 Å². The van der Waals surface area contributed by atoms with Crippen molar-refractivity contribution in [2.75, 3.05) is 7.11 Å². The van der Waals surface area contributed by atoms with E-state index in [1.165, 1.54) is 10.8 Å². The number of halogens is 2. The lowest BCUT2D eigenvalue weighted by Crippen LogP contribution is -1.94. The Morgan fingerprint density at radius 3 is 2.24 bits per heavy atom. The van der Waals surface area contributed by atoms with Crippen molar-refractivity contribution >= 4 is 34.0 Å². The highest BCUT2D eigenvalue weighted by Crippen LogP contribution is 2.34. The van der Waals surface area contributed by atoms with Crippen LogP contribution in [0.3, 0.4) is 0 Å². The third-order valence-electron chi connectivity index (χ3n) is 3.53. The Hall–Kier alpha value is -1.70. The number of fused-ring (bicyclic) bond motifs is 1. The first kappa shape index (κ1) is 14.2. The summed E-state index contributed by atoms with van der Waals surface area (Å²) in [6.45, 7) is 0. The van der Waals surface area contributed by atoms with Crippen LogP contribution in [0.15, 0.2) is 60.7 Å². The Balaban J connectivity index is 1.99. The Bertz CT molecular complexity index is 783. The Labute approximate surface area is 134 Å². The molecule has 0 amide bonds. The maximum Gasteiger partial charge on any atom is 0.137 e. The summed E-state index contributed by atoms with van der Waals surface area (Å²) >= 11 is 12.8. The summed E-state index contributed by atoms with van der Waals surface area (Å²) < 4.78 is 5.17. The number of hydrogen-bond donors (Lipinski definition) is 0. The Morgan fingerprint density at radius 2 is 1.52 bits per heavy atom. The van der Waals surface area contributed by atoms with Crippen molar-refractivity contribution < 1.29 is 4.74 Å². The molecule has 1 atom stereocenters. The van der Waals surface area contributed by atoms with Crippen molar-refractivity contribution in [1.29, 1.82) is 0 Å². The summed E-state index contributed by atoms with van der Waals surface area (Å²) in [4.78, 5) is 0. The zero-order chi connectivity index (χ0) is 14.8. The number of methoxy groups -OCH3 is 1. The van der Waals surface area contributed by atoms with Crippen LogP contribution >= 0.6 is 23.2 Å². The van der Waals surface area contributed by atoms with Crippen molar-refractivity contribution in [1.82, 2.24) is 0 Å². The van der Waals surface area contributed by atoms with Gasteiger partial charge in [0.2, 0.25) is 0 Å². The van der Waals surface area contributed by atoms with Crippen LogP contribution in [0.5, 0.6) is 5.75 Å². The normalized spacial score (nSPS) is 12.3. The molecule has 0 aliphatic heterocycles. The second kappa shape index (κ2) is 5.97. The quantitative estimate of drug-likeness (QED) is 0.552. The predicted octanol–water partition coefficient (Wildman–Crippen LogP) is 5.83. The average molecular weight is 317 g/mol. The number of ether oxygens (including phenoxy) is 1. The molecule has 0 aliphatic carbocycles. The van der Waals surface area contributed by atoms with Crippen LogP contribution in [-0.4, -0.2) is 7.11 Å². The monoisotopic (exact) mass is 316 g/mol. The van der Waals surface area contributed by atoms with Crippen molar-refractivity contribution in [3.63, 3.8) is 0 Å². The van der Waals surface area contributed by atoms with Gasteiger partial charge in [0.1, 0.15) is 5.75 Å². The van der Waals surface area contributed by atoms with E-state index in [0.717, 1.165) is 11.1 Å². The number of rotatable bonds is 3. The highest BCUT2D eigenvalue weighted by Gasteiger charge is 2.13. The molecule has 21 heavy (non-hydrogen) atoms. The van der Waals surface area contributed by atoms with Crippen LogP contribution in [0.2, 0.25) is 5.02 Å². The fourth-order valence-corrected chi connectivity index (χ4v) is 2.94. The fourth-order valence-electron chi connectivity index (χ4n) is 2.40. The first-order valence-corrected chi connectivity index (χ1v) is 7.46. The first-order chi connectivity index (χ1) is 10.2. The van der Waals surface area contributed by atoms with Gasteiger partial charge >= 0.3 is 0 Å². The maximum absolute atomic E-state index is 6.60. The largest absolute Gasteiger partial charge is 0.495 e. The molecular formula is C18H14Cl2O. The summed E-state index contributed by atoms with van der Waals surface area (Å²) in [6.07, 6.45) is 0. The molecule has 3 aromatic rings. The van der Waals surface area contributed by atoms with E-state index in [9.17, 15) is 0 Å². The molecule has 3 rings (SSSR count). The highest BCUT2D eigenvalue weighted by molar-refractivity contribution is 6.32. The second-order valence-corrected chi connectivity index (χ2v) is 5.71. The minimum absolute atomic E-state index is 0.238. The van der Waals surface area contributed by atoms with Crippen LogP contribution in [0, 0.1) is 0 Å². The number of hydrogen-bond acceptors (Lipinski definition) is 1. The molecule has 1 nitrogen and oxygen atoms in total. The van der Waals surface area contributed by atoms with Crippen LogP contribution in [0.4, 0.5) is 0 Å². The van der Waals surface area contributed by atoms with Gasteiger partial charge in [-0.2, -0.15) is 0 Å². The van der Waals surface area contributed by atoms with Gasteiger partial charge in [-0.15, -0.1) is 11.6 Å². The number of alkyl halides is 1. The van der Waals surface area contributed by atoms with Crippen LogP contribution < -0.4 is 4.74 Å². The Kier molecular flexibility index (Phi) is 4.05. The van der Waals surface area contributed by atoms with Gasteiger partial charge in [-0.05, 0) is 40.1 Å². The molecule has 0 fully saturated rings. The SMILES string of the molecule is COc1ccc(C(Cl)c2ccc3ccccc3c2)cc1Cl. The third-order valence-corrected chi connectivity index (χ3v) is 4.33. The molecule has 0 N–H and O–H groups in total. The van der Waals surface area contributed by atoms with Gasteiger partial charge in [0, 0.05) is 0 Å². The summed E-state index contributed by atoms with van der Waals surface area (Å²) in [5.41, 5.74) is 2.01. The molecule has 0 saturated carbocycles. The molecular weight excluding hydrogens is 303 g/mol. The molecule has 0 saturated heterocycles. The first-order valence-electron chi connectivity index (χ1n) is 6.65. The number of benzene rings is 3. The summed E-state index contributed by atoms with van der Waals surface area (Å²) in [6, 6.07) is 20.1. The second-order valence-electron chi connectivity index (χ2n) is 4.86. The maximum atomic E-state index is 6.60. The van der Waals surface area contributed by atoms with Crippen LogP contribution in [0.1, 0.15) is 16.5 Å². The summed E-state index contributed by atoms with van der Waals surface area (Å²) in [5, 5.41) is 2.72. The highest BCUT2D eigenvalue weighted by atomic mass is 35.5. The van der Waals surface area contributed by atoms with E-state index >= 15 is 0 Å². The van der Waals surface area contributed by atoms with E-state index in [0.29, 0.717) is 10.8 Å². The van der Waals surface area contributed by atoms with Crippen molar-refractivity contribution in [2.45, 2.75) is 5.38 Å². The summed E-state index contributed by atoms with van der Waals surface area (Å²) in [7, 11) is 1.60. The average Bonchev–Trinajstić information content (AvgIpc) is 2.53. The molecule has 3 heteroatoms. The van der Waals surface area contributed by atoms with E-state index < -0.39 is 0 Å². The molecule has 0 aromatic heterocycles. The van der Waals surface area contributed by atoms with E-state index in [1.54, 1.807) is 7.11 Å². The lowest BCUT2D eigenvalue weighted by molar-refractivity contribution is 0.415. The Morgan fingerprint density at radius 1 is 0.857 bits per heavy atom. The topological polar surface area (TPSA) is 9.23 Å². The molecule has 3 aromatic carbocycles. The minimum Gasteiger partial charge on any atom is -0.495 e. The lowest BCUT2D eigenvalue weighted by atomic mass is 10.0. The smallest absolute Gasteiger partial charge is 0.137 e. The molecule has 0 aliphatic rings. The summed E-state index contributed by atoms with van der Waals surface area (Å²) in [5.74, 6) is 0.655. The molecule has 0 spiro atoms. The third kappa shape index (κ3) is 2.85. The molecule has 0 bridgehead atoms. The standard InChI is InChI=1S/C18H14Cl2O/c1-21-17-9-8-15(11-16(17)19)18(20)14-7-6-12-4-2-3-5-13(12)10-14/h2-11,18H,1H3. The van der Waals surface area contributed by atoms with Crippen molar-refractivity contribution in [3.8, 4) is 5.75 Å². The van der Waals surface area contributed by atoms with Crippen LogP contribution in [-0.2, 0) is 0 Å². The van der Waals surface area contributed by atoms with Gasteiger partial charge in [-0.1, -0.05) is 54.1 Å². The zero-order valence-corrected chi connectivity index (χ0v) is 13.0. The minimum atomic E-state index is -0.238. The lowest BCUT2D eigenvalue weighted by Gasteiger charge is -2.13. The molecule has 1 unspecified atom stereocenters. The van der Waals surface area contributed by atoms with E-state index in [2.05, 4.69) is 30.3 Å². The van der Waals surface area contributed by atoms with E-state index in [-0.39, 0.29) is 5.38 Å². The molecule has 0 radical (unpaired) electrons. The zero-order valence-electron chi connectivity index (χ0n) is 11.5. The van der Waals surface area contributed by atoms with Crippen LogP contribution in [0.25, 0.3) is 10.8 Å². The fraction of sp³-hybridized carbons (Fsp3) is 0.111. The molecule has 106 valence electrons. The van der Waals surface area contributed by atoms with Gasteiger partial charge in [0.15, 0.2) is 0 Å². The van der Waals surface area contributed by atoms with Gasteiger partial charge in [0.05, 0.1) is 17.5 Å². The van der Waals surface area contributed by atoms with Gasteiger partial charge in [-0.3, -0.25) is 0 Å². The van der Waals surface area contributed by atoms with Crippen molar-refractivity contribution in [3.05, 3.63) is 76.8 Å². The van der Waals surface area contributed by atoms with Crippen molar-refractivity contribution in [2.24, 2.45) is 0 Å².